The van der Waals surface area contributed by atoms with E-state index in [4.69, 9.17) is 39.6 Å². The molecule has 1 N–H and O–H groups in total. The monoisotopic (exact) mass is 1000 g/mol. The van der Waals surface area contributed by atoms with Crippen molar-refractivity contribution in [1.82, 2.24) is 0 Å². The van der Waals surface area contributed by atoms with Gasteiger partial charge in [0.25, 0.3) is 0 Å². The fourth-order valence-electron chi connectivity index (χ4n) is 6.88. The van der Waals surface area contributed by atoms with Gasteiger partial charge in [-0.05, 0) is 71.1 Å². The van der Waals surface area contributed by atoms with Gasteiger partial charge in [-0.25, -0.2) is 0 Å². The van der Waals surface area contributed by atoms with Crippen molar-refractivity contribution in [2.24, 2.45) is 5.34 Å². The zero-order valence-electron chi connectivity index (χ0n) is 36.9. The Morgan fingerprint density at radius 1 is 0.431 bits per heavy atom. The molecule has 8 nitrogen and oxygen atoms in total. The summed E-state index contributed by atoms with van der Waals surface area (Å²) in [5.41, 5.74) is 8.28. The number of furan rings is 4. The normalized spacial score (nSPS) is 10.1. The van der Waals surface area contributed by atoms with Gasteiger partial charge in [0, 0.05) is 54.9 Å². The van der Waals surface area contributed by atoms with Crippen molar-refractivity contribution in [3.05, 3.63) is 196 Å². The summed E-state index contributed by atoms with van der Waals surface area (Å²) in [5.74, 6) is 0. The molecule has 0 spiro atoms. The minimum absolute atomic E-state index is 0. The van der Waals surface area contributed by atoms with Crippen LogP contribution in [0.4, 0.5) is 5.69 Å². The van der Waals surface area contributed by atoms with Crippen LogP contribution in [0.15, 0.2) is 205 Å². The molecule has 4 aromatic heterocycles. The van der Waals surface area contributed by atoms with Crippen LogP contribution < -0.4 is 34.4 Å². The van der Waals surface area contributed by atoms with Crippen molar-refractivity contribution in [3.63, 3.8) is 0 Å². The third kappa shape index (κ3) is 12.3. The number of nitrogens with zero attached hydrogens (tertiary/aromatic N) is 1. The molecule has 0 saturated carbocycles. The summed E-state index contributed by atoms with van der Waals surface area (Å²) in [6, 6.07) is 60.6. The molecule has 12 rings (SSSR count). The maximum absolute atomic E-state index is 8.00. The Balaban J connectivity index is 0.000000153. The van der Waals surface area contributed by atoms with Crippen LogP contribution in [0.1, 0.15) is 40.5 Å². The Morgan fingerprint density at radius 3 is 1.02 bits per heavy atom. The van der Waals surface area contributed by atoms with Crippen LogP contribution in [-0.4, -0.2) is 0 Å². The van der Waals surface area contributed by atoms with Gasteiger partial charge in [0.1, 0.15) is 39.1 Å². The van der Waals surface area contributed by atoms with E-state index >= 15 is 0 Å². The molecule has 8 aromatic carbocycles. The standard InChI is InChI=1S/C12H8ClNO.C12H7IO.2C12H8O.2C3H8.HNO2.Na/c13-14-10-6-3-5-9-8-4-1-2-7-11(8)15-12(9)10;13-10-6-3-5-9-8-4-1-2-7-11(8)14-12(9)10;2*1-3-7-11-9(5-1)10-6-2-4-8-12(10)13-11;2*1-3-2;2-1-3;/h1-7,14H;1-7H;2*1-8H;2*3H2,1-2H3;(H,2,3);/q;;;;;;;+1/p-1. The summed E-state index contributed by atoms with van der Waals surface area (Å²) < 4.78 is 24.0. The Bertz CT molecular complexity index is 3150. The van der Waals surface area contributed by atoms with Crippen molar-refractivity contribution in [3.8, 4) is 0 Å². The van der Waals surface area contributed by atoms with E-state index in [1.165, 1.54) is 45.2 Å². The second-order valence-corrected chi connectivity index (χ2v) is 15.6. The maximum atomic E-state index is 8.00. The van der Waals surface area contributed by atoms with Crippen LogP contribution in [-0.2, 0) is 0 Å². The van der Waals surface area contributed by atoms with Crippen molar-refractivity contribution in [2.45, 2.75) is 40.5 Å². The van der Waals surface area contributed by atoms with E-state index in [2.05, 4.69) is 104 Å². The molecule has 0 aliphatic heterocycles. The summed E-state index contributed by atoms with van der Waals surface area (Å²) in [5, 5.41) is 18.4. The minimum atomic E-state index is 0. The molecule has 0 radical (unpaired) electrons. The molecule has 0 amide bonds. The van der Waals surface area contributed by atoms with E-state index in [1.807, 2.05) is 133 Å². The molecule has 0 bridgehead atoms. The zero-order valence-corrected chi connectivity index (χ0v) is 41.8. The van der Waals surface area contributed by atoms with Gasteiger partial charge in [0.05, 0.1) is 9.26 Å². The number of benzene rings is 8. The fourth-order valence-corrected chi connectivity index (χ4v) is 7.64. The van der Waals surface area contributed by atoms with Crippen LogP contribution in [0.25, 0.3) is 87.8 Å². The van der Waals surface area contributed by atoms with E-state index in [-0.39, 0.29) is 29.6 Å². The molecule has 0 aliphatic carbocycles. The van der Waals surface area contributed by atoms with Crippen molar-refractivity contribution >= 4 is 128 Å². The van der Waals surface area contributed by atoms with Crippen molar-refractivity contribution in [2.75, 3.05) is 4.84 Å². The largest absolute Gasteiger partial charge is 1.00 e. The second kappa shape index (κ2) is 25.6. The number of fused-ring (bicyclic) bond motifs is 12. The average Bonchev–Trinajstić information content (AvgIpc) is 4.11. The molecule has 0 saturated heterocycles. The number of rotatable bonds is 1. The van der Waals surface area contributed by atoms with Gasteiger partial charge >= 0.3 is 29.6 Å². The van der Waals surface area contributed by atoms with Crippen molar-refractivity contribution in [1.29, 1.82) is 0 Å². The second-order valence-electron chi connectivity index (χ2n) is 14.3. The molecule has 11 heteroatoms. The molecule has 4 heterocycles. The number of anilines is 1. The number of hydrogen-bond donors (Lipinski definition) is 1. The van der Waals surface area contributed by atoms with Gasteiger partial charge in [0.2, 0.25) is 0 Å². The van der Waals surface area contributed by atoms with Gasteiger partial charge in [0.15, 0.2) is 5.58 Å². The molecule has 324 valence electrons. The van der Waals surface area contributed by atoms with Crippen LogP contribution in [0.2, 0.25) is 0 Å². The third-order valence-corrected chi connectivity index (χ3v) is 10.5. The average molecular weight is 1010 g/mol. The molecule has 0 fully saturated rings. The van der Waals surface area contributed by atoms with Gasteiger partial charge < -0.3 is 27.8 Å². The Morgan fingerprint density at radius 2 is 0.677 bits per heavy atom. The molecule has 0 atom stereocenters. The van der Waals surface area contributed by atoms with E-state index in [1.54, 1.807) is 0 Å². The van der Waals surface area contributed by atoms with E-state index in [0.29, 0.717) is 0 Å². The number of hydrogen-bond acceptors (Lipinski definition) is 8. The molecular weight excluding hydrogens is 958 g/mol. The Hall–Kier alpha value is -5.82. The topological polar surface area (TPSA) is 117 Å². The fraction of sp³-hybridized carbons (Fsp3) is 0.111. The van der Waals surface area contributed by atoms with Crippen LogP contribution in [0, 0.1) is 13.7 Å². The smallest absolute Gasteiger partial charge is 0.456 e. The first-order valence-electron chi connectivity index (χ1n) is 20.9. The van der Waals surface area contributed by atoms with Crippen LogP contribution >= 0.6 is 34.4 Å². The molecule has 0 aliphatic rings. The van der Waals surface area contributed by atoms with Crippen LogP contribution in [0.3, 0.4) is 0 Å². The molecular formula is C54H47ClIN2NaO6. The Kier molecular flexibility index (Phi) is 19.8. The van der Waals surface area contributed by atoms with Gasteiger partial charge in [-0.2, -0.15) is 0 Å². The first-order chi connectivity index (χ1) is 31.4. The van der Waals surface area contributed by atoms with Gasteiger partial charge in [-0.1, -0.05) is 174 Å². The number of para-hydroxylation sites is 8. The predicted molar refractivity (Wildman–Crippen MR) is 278 cm³/mol. The zero-order chi connectivity index (χ0) is 45.3. The maximum Gasteiger partial charge on any atom is 1.00 e. The number of nitrogens with one attached hydrogen (secondary N) is 1. The SMILES string of the molecule is CCC.CCC.ClNc1cccc2c1oc1ccccc12.Ic1cccc2c1oc1ccccc12.O=N[O-].[Na+].c1ccc2c(c1)oc1ccccc12.c1ccc2c(c1)oc1ccccc12. The quantitative estimate of drug-likeness (QED) is 0.0572. The summed E-state index contributed by atoms with van der Waals surface area (Å²) in [7, 11) is 0. The van der Waals surface area contributed by atoms with E-state index in [0.717, 1.165) is 70.0 Å². The minimum Gasteiger partial charge on any atom is -0.456 e. The predicted octanol–water partition coefficient (Wildman–Crippen LogP) is 15.6. The number of halogens is 2. The molecule has 12 aromatic rings. The first-order valence-corrected chi connectivity index (χ1v) is 22.4. The summed E-state index contributed by atoms with van der Waals surface area (Å²) in [6.45, 7) is 8.50. The van der Waals surface area contributed by atoms with E-state index in [9.17, 15) is 0 Å². The summed E-state index contributed by atoms with van der Waals surface area (Å²) >= 11 is 7.92. The Labute approximate surface area is 418 Å². The first kappa shape index (κ1) is 50.2. The van der Waals surface area contributed by atoms with E-state index < -0.39 is 0 Å². The molecule has 0 unspecified atom stereocenters. The molecule has 65 heavy (non-hydrogen) atoms. The van der Waals surface area contributed by atoms with Crippen LogP contribution in [0.5, 0.6) is 0 Å². The summed E-state index contributed by atoms with van der Waals surface area (Å²) in [6.07, 6.45) is 2.50. The van der Waals surface area contributed by atoms with Gasteiger partial charge in [-0.3, -0.25) is 4.84 Å². The summed E-state index contributed by atoms with van der Waals surface area (Å²) in [4.78, 5) is 10.6. The third-order valence-electron chi connectivity index (χ3n) is 9.43. The van der Waals surface area contributed by atoms with Crippen molar-refractivity contribution < 1.29 is 47.2 Å². The van der Waals surface area contributed by atoms with Gasteiger partial charge in [-0.15, -0.1) is 5.34 Å².